The van der Waals surface area contributed by atoms with Gasteiger partial charge in [0.15, 0.2) is 0 Å². The average Bonchev–Trinajstić information content (AvgIpc) is 3.22. The molecule has 1 aliphatic heterocycles. The van der Waals surface area contributed by atoms with Crippen LogP contribution in [0.5, 0.6) is 0 Å². The monoisotopic (exact) mass is 324 g/mol. The summed E-state index contributed by atoms with van der Waals surface area (Å²) in [5.74, 6) is -0.197. The summed E-state index contributed by atoms with van der Waals surface area (Å²) in [4.78, 5) is 27.7. The van der Waals surface area contributed by atoms with Gasteiger partial charge in [-0.25, -0.2) is 4.68 Å². The molecular formula is C17H16N4O3. The highest BCUT2D eigenvalue weighted by molar-refractivity contribution is 6.06. The summed E-state index contributed by atoms with van der Waals surface area (Å²) in [5, 5.41) is 7.92. The molecule has 3 heterocycles. The van der Waals surface area contributed by atoms with E-state index in [1.165, 1.54) is 10.7 Å². The molecule has 1 aliphatic rings. The van der Waals surface area contributed by atoms with Crippen LogP contribution in [0.2, 0.25) is 0 Å². The molecule has 0 spiro atoms. The highest BCUT2D eigenvalue weighted by Crippen LogP contribution is 2.20. The lowest BCUT2D eigenvalue weighted by molar-refractivity contribution is 0.0926. The van der Waals surface area contributed by atoms with Crippen LogP contribution in [-0.4, -0.2) is 39.9 Å². The number of nitrogens with one attached hydrogen (secondary N) is 2. The molecule has 0 aliphatic carbocycles. The fraction of sp³-hybridized carbons (Fsp3) is 0.235. The highest BCUT2D eigenvalue weighted by Gasteiger charge is 2.32. The van der Waals surface area contributed by atoms with Gasteiger partial charge in [-0.1, -0.05) is 18.2 Å². The topological polar surface area (TPSA) is 89.0 Å². The zero-order chi connectivity index (χ0) is 16.5. The third-order valence-electron chi connectivity index (χ3n) is 4.26. The van der Waals surface area contributed by atoms with Crippen molar-refractivity contribution in [1.82, 2.24) is 20.1 Å². The first-order chi connectivity index (χ1) is 11.7. The quantitative estimate of drug-likeness (QED) is 0.755. The van der Waals surface area contributed by atoms with Crippen LogP contribution in [-0.2, 0) is 4.74 Å². The summed E-state index contributed by atoms with van der Waals surface area (Å²) in [6.07, 6.45) is 3.25. The fourth-order valence-corrected chi connectivity index (χ4v) is 3.05. The number of hydrogen-bond donors (Lipinski definition) is 2. The van der Waals surface area contributed by atoms with Gasteiger partial charge in [0.05, 0.1) is 24.8 Å². The van der Waals surface area contributed by atoms with Gasteiger partial charge in [0.2, 0.25) is 0 Å². The van der Waals surface area contributed by atoms with Gasteiger partial charge in [-0.15, -0.1) is 0 Å². The van der Waals surface area contributed by atoms with Gasteiger partial charge < -0.3 is 15.0 Å². The molecule has 24 heavy (non-hydrogen) atoms. The lowest BCUT2D eigenvalue weighted by Gasteiger charge is -2.19. The van der Waals surface area contributed by atoms with E-state index < -0.39 is 0 Å². The van der Waals surface area contributed by atoms with E-state index in [4.69, 9.17) is 4.74 Å². The Morgan fingerprint density at radius 2 is 2.12 bits per heavy atom. The number of fused-ring (bicyclic) bond motifs is 1. The molecule has 2 aromatic heterocycles. The van der Waals surface area contributed by atoms with Crippen LogP contribution in [0.25, 0.3) is 10.9 Å². The largest absolute Gasteiger partial charge is 0.377 e. The average molecular weight is 324 g/mol. The van der Waals surface area contributed by atoms with Crippen LogP contribution in [0.4, 0.5) is 0 Å². The van der Waals surface area contributed by atoms with Gasteiger partial charge in [-0.05, 0) is 12.1 Å². The number of para-hydroxylation sites is 1. The molecule has 1 aromatic carbocycles. The molecule has 0 saturated carbocycles. The van der Waals surface area contributed by atoms with Crippen molar-refractivity contribution in [3.8, 4) is 0 Å². The first kappa shape index (κ1) is 14.6. The molecule has 2 atom stereocenters. The first-order valence-corrected chi connectivity index (χ1v) is 7.72. The van der Waals surface area contributed by atoms with Crippen LogP contribution < -0.4 is 10.9 Å². The van der Waals surface area contributed by atoms with Gasteiger partial charge in [0.25, 0.3) is 11.5 Å². The number of aromatic nitrogens is 3. The molecule has 1 fully saturated rings. The summed E-state index contributed by atoms with van der Waals surface area (Å²) in [7, 11) is 0. The zero-order valence-corrected chi connectivity index (χ0v) is 12.8. The number of carbonyl (C=O) groups excluding carboxylic acids is 1. The van der Waals surface area contributed by atoms with E-state index >= 15 is 0 Å². The predicted octanol–water partition coefficient (Wildman–Crippen LogP) is 1.09. The standard InChI is InChI=1S/C17H16N4O3/c22-16-6-3-7-19-21(16)15-10-24-9-14(15)20-17(23)12-8-18-13-5-2-1-4-11(12)13/h1-8,14-15,18H,9-10H2,(H,20,23). The fourth-order valence-electron chi connectivity index (χ4n) is 3.05. The number of amides is 1. The van der Waals surface area contributed by atoms with E-state index in [9.17, 15) is 9.59 Å². The van der Waals surface area contributed by atoms with Gasteiger partial charge in [-0.3, -0.25) is 9.59 Å². The van der Waals surface area contributed by atoms with Crippen molar-refractivity contribution in [3.63, 3.8) is 0 Å². The summed E-state index contributed by atoms with van der Waals surface area (Å²) in [6.45, 7) is 0.692. The third-order valence-corrected chi connectivity index (χ3v) is 4.26. The van der Waals surface area contributed by atoms with E-state index in [1.807, 2.05) is 24.3 Å². The smallest absolute Gasteiger partial charge is 0.267 e. The lowest BCUT2D eigenvalue weighted by atomic mass is 10.1. The number of aromatic amines is 1. The Morgan fingerprint density at radius 1 is 1.25 bits per heavy atom. The SMILES string of the molecule is O=C(NC1COCC1n1ncccc1=O)c1c[nH]c2ccccc12. The van der Waals surface area contributed by atoms with E-state index in [1.54, 1.807) is 18.5 Å². The molecule has 1 amide bonds. The van der Waals surface area contributed by atoms with E-state index in [0.29, 0.717) is 18.8 Å². The van der Waals surface area contributed by atoms with Crippen molar-refractivity contribution in [2.45, 2.75) is 12.1 Å². The lowest BCUT2D eigenvalue weighted by Crippen LogP contribution is -2.43. The first-order valence-electron chi connectivity index (χ1n) is 7.72. The van der Waals surface area contributed by atoms with Gasteiger partial charge >= 0.3 is 0 Å². The van der Waals surface area contributed by atoms with E-state index in [-0.39, 0.29) is 23.6 Å². The second-order valence-corrected chi connectivity index (χ2v) is 5.74. The Morgan fingerprint density at radius 3 is 3.00 bits per heavy atom. The Hall–Kier alpha value is -2.93. The number of carbonyl (C=O) groups is 1. The second-order valence-electron chi connectivity index (χ2n) is 5.74. The minimum absolute atomic E-state index is 0.197. The minimum Gasteiger partial charge on any atom is -0.377 e. The van der Waals surface area contributed by atoms with E-state index in [0.717, 1.165) is 10.9 Å². The van der Waals surface area contributed by atoms with Crippen molar-refractivity contribution in [2.75, 3.05) is 13.2 Å². The van der Waals surface area contributed by atoms with E-state index in [2.05, 4.69) is 15.4 Å². The van der Waals surface area contributed by atoms with Crippen LogP contribution >= 0.6 is 0 Å². The molecule has 7 heteroatoms. The molecule has 2 unspecified atom stereocenters. The Labute approximate surface area is 137 Å². The van der Waals surface area contributed by atoms with Crippen LogP contribution in [0.1, 0.15) is 16.4 Å². The molecule has 0 radical (unpaired) electrons. The molecule has 4 rings (SSSR count). The van der Waals surface area contributed by atoms with Gasteiger partial charge in [-0.2, -0.15) is 5.10 Å². The predicted molar refractivity (Wildman–Crippen MR) is 87.9 cm³/mol. The Bertz CT molecular complexity index is 946. The van der Waals surface area contributed by atoms with Crippen LogP contribution in [0.15, 0.2) is 53.6 Å². The molecule has 2 N–H and O–H groups in total. The number of H-pyrrole nitrogens is 1. The second kappa shape index (κ2) is 5.93. The summed E-state index contributed by atoms with van der Waals surface area (Å²) in [5.41, 5.74) is 1.27. The van der Waals surface area contributed by atoms with Crippen LogP contribution in [0.3, 0.4) is 0 Å². The zero-order valence-electron chi connectivity index (χ0n) is 12.8. The van der Waals surface area contributed by atoms with Gasteiger partial charge in [0.1, 0.15) is 6.04 Å². The molecule has 3 aromatic rings. The van der Waals surface area contributed by atoms with Crippen molar-refractivity contribution < 1.29 is 9.53 Å². The number of hydrogen-bond acceptors (Lipinski definition) is 4. The molecule has 122 valence electrons. The van der Waals surface area contributed by atoms with Gasteiger partial charge in [0, 0.05) is 29.4 Å². The molecule has 0 bridgehead atoms. The van der Waals surface area contributed by atoms with Crippen LogP contribution in [0, 0.1) is 0 Å². The van der Waals surface area contributed by atoms with Crippen molar-refractivity contribution in [3.05, 3.63) is 64.7 Å². The van der Waals surface area contributed by atoms with Crippen molar-refractivity contribution in [1.29, 1.82) is 0 Å². The summed E-state index contributed by atoms with van der Waals surface area (Å²) < 4.78 is 6.83. The number of nitrogens with zero attached hydrogens (tertiary/aromatic N) is 2. The number of rotatable bonds is 3. The number of ether oxygens (including phenoxy) is 1. The molecular weight excluding hydrogens is 308 g/mol. The molecule has 7 nitrogen and oxygen atoms in total. The maximum atomic E-state index is 12.6. The number of benzene rings is 1. The maximum absolute atomic E-state index is 12.6. The molecule has 1 saturated heterocycles. The third kappa shape index (κ3) is 2.48. The normalized spacial score (nSPS) is 20.3. The summed E-state index contributed by atoms with van der Waals surface area (Å²) >= 11 is 0. The summed E-state index contributed by atoms with van der Waals surface area (Å²) in [6, 6.07) is 10.0. The highest BCUT2D eigenvalue weighted by atomic mass is 16.5. The minimum atomic E-state index is -0.312. The Balaban J connectivity index is 1.59. The maximum Gasteiger partial charge on any atom is 0.267 e. The van der Waals surface area contributed by atoms with Crippen molar-refractivity contribution >= 4 is 16.8 Å². The Kier molecular flexibility index (Phi) is 3.62. The van der Waals surface area contributed by atoms with Crippen molar-refractivity contribution in [2.24, 2.45) is 0 Å².